The summed E-state index contributed by atoms with van der Waals surface area (Å²) in [5.41, 5.74) is 7.19. The van der Waals surface area contributed by atoms with E-state index < -0.39 is 11.7 Å². The highest BCUT2D eigenvalue weighted by molar-refractivity contribution is 5.95. The van der Waals surface area contributed by atoms with Crippen LogP contribution in [-0.2, 0) is 25.4 Å². The lowest BCUT2D eigenvalue weighted by Gasteiger charge is -2.14. The van der Waals surface area contributed by atoms with Gasteiger partial charge in [-0.2, -0.15) is 13.2 Å². The van der Waals surface area contributed by atoms with Crippen LogP contribution in [0.2, 0.25) is 0 Å². The number of benzene rings is 2. The van der Waals surface area contributed by atoms with E-state index in [4.69, 9.17) is 11.1 Å². The Bertz CT molecular complexity index is 719. The summed E-state index contributed by atoms with van der Waals surface area (Å²) in [7, 11) is 0. The van der Waals surface area contributed by atoms with Crippen LogP contribution in [0.3, 0.4) is 0 Å². The molecule has 134 valence electrons. The third-order valence-electron chi connectivity index (χ3n) is 4.25. The molecular formula is C20H23F3N2. The van der Waals surface area contributed by atoms with Crippen LogP contribution in [0, 0.1) is 5.41 Å². The zero-order valence-corrected chi connectivity index (χ0v) is 14.3. The van der Waals surface area contributed by atoms with Crippen molar-refractivity contribution in [3.05, 3.63) is 70.3 Å². The van der Waals surface area contributed by atoms with E-state index in [2.05, 4.69) is 19.1 Å². The Balaban J connectivity index is 2.13. The minimum atomic E-state index is -4.45. The number of unbranched alkanes of at least 4 members (excludes halogenated alkanes) is 1. The largest absolute Gasteiger partial charge is 0.416 e. The molecular weight excluding hydrogens is 325 g/mol. The molecule has 2 rings (SSSR count). The van der Waals surface area contributed by atoms with Gasteiger partial charge in [-0.3, -0.25) is 5.41 Å². The molecule has 0 fully saturated rings. The molecule has 2 nitrogen and oxygen atoms in total. The highest BCUT2D eigenvalue weighted by Crippen LogP contribution is 2.33. The predicted molar refractivity (Wildman–Crippen MR) is 94.9 cm³/mol. The second kappa shape index (κ2) is 8.19. The Kier molecular flexibility index (Phi) is 6.23. The quantitative estimate of drug-likeness (QED) is 0.530. The Morgan fingerprint density at radius 2 is 1.56 bits per heavy atom. The van der Waals surface area contributed by atoms with Gasteiger partial charge in [0.15, 0.2) is 0 Å². The molecule has 0 saturated heterocycles. The highest BCUT2D eigenvalue weighted by Gasteiger charge is 2.33. The zero-order chi connectivity index (χ0) is 18.4. The fourth-order valence-electron chi connectivity index (χ4n) is 2.76. The third kappa shape index (κ3) is 5.34. The molecule has 5 heteroatoms. The topological polar surface area (TPSA) is 49.9 Å². The first kappa shape index (κ1) is 19.0. The lowest BCUT2D eigenvalue weighted by Crippen LogP contribution is -2.15. The maximum absolute atomic E-state index is 13.3. The molecule has 0 heterocycles. The van der Waals surface area contributed by atoms with Crippen LogP contribution in [0.1, 0.15) is 47.6 Å². The number of nitrogens with two attached hydrogens (primary N) is 1. The smallest absolute Gasteiger partial charge is 0.384 e. The van der Waals surface area contributed by atoms with Gasteiger partial charge in [-0.25, -0.2) is 0 Å². The number of aryl methyl sites for hydroxylation is 3. The van der Waals surface area contributed by atoms with Crippen LogP contribution in [0.5, 0.6) is 0 Å². The molecule has 0 aliphatic heterocycles. The van der Waals surface area contributed by atoms with Crippen LogP contribution in [0.4, 0.5) is 13.2 Å². The van der Waals surface area contributed by atoms with Crippen molar-refractivity contribution in [2.45, 2.75) is 45.2 Å². The summed E-state index contributed by atoms with van der Waals surface area (Å²) in [6.45, 7) is 2.14. The van der Waals surface area contributed by atoms with Crippen molar-refractivity contribution in [2.24, 2.45) is 5.73 Å². The summed E-state index contributed by atoms with van der Waals surface area (Å²) in [5.74, 6) is -0.361. The molecule has 0 saturated carbocycles. The molecule has 0 spiro atoms. The van der Waals surface area contributed by atoms with Gasteiger partial charge in [-0.1, -0.05) is 49.7 Å². The van der Waals surface area contributed by atoms with Gasteiger partial charge in [0.05, 0.1) is 5.56 Å². The van der Waals surface area contributed by atoms with E-state index in [0.717, 1.165) is 30.9 Å². The maximum atomic E-state index is 13.3. The summed E-state index contributed by atoms with van der Waals surface area (Å²) in [5, 5.41) is 7.32. The minimum Gasteiger partial charge on any atom is -0.384 e. The fourth-order valence-corrected chi connectivity index (χ4v) is 2.76. The van der Waals surface area contributed by atoms with E-state index in [1.165, 1.54) is 17.7 Å². The minimum absolute atomic E-state index is 0.0938. The molecule has 3 N–H and O–H groups in total. The van der Waals surface area contributed by atoms with Gasteiger partial charge >= 0.3 is 6.18 Å². The van der Waals surface area contributed by atoms with Crippen LogP contribution >= 0.6 is 0 Å². The van der Waals surface area contributed by atoms with Gasteiger partial charge in [-0.05, 0) is 48.4 Å². The SMILES string of the molecule is CCCCc1ccc(CCc2ccc(C(=N)N)cc2C(F)(F)F)cc1. The molecule has 0 bridgehead atoms. The molecule has 0 radical (unpaired) electrons. The molecule has 0 aliphatic rings. The van der Waals surface area contributed by atoms with Crippen molar-refractivity contribution >= 4 is 5.84 Å². The number of amidine groups is 1. The zero-order valence-electron chi connectivity index (χ0n) is 14.3. The first-order valence-corrected chi connectivity index (χ1v) is 8.43. The van der Waals surface area contributed by atoms with Gasteiger partial charge in [0, 0.05) is 5.56 Å². The number of nitrogen functional groups attached to an aromatic ring is 1. The summed E-state index contributed by atoms with van der Waals surface area (Å²) in [6.07, 6.45) is -0.320. The lowest BCUT2D eigenvalue weighted by molar-refractivity contribution is -0.138. The normalized spacial score (nSPS) is 11.5. The van der Waals surface area contributed by atoms with Crippen LogP contribution in [0.15, 0.2) is 42.5 Å². The molecule has 0 aliphatic carbocycles. The fraction of sp³-hybridized carbons (Fsp3) is 0.350. The Labute approximate surface area is 146 Å². The molecule has 25 heavy (non-hydrogen) atoms. The average molecular weight is 348 g/mol. The van der Waals surface area contributed by atoms with Crippen molar-refractivity contribution in [3.63, 3.8) is 0 Å². The van der Waals surface area contributed by atoms with Crippen molar-refractivity contribution in [3.8, 4) is 0 Å². The first-order chi connectivity index (χ1) is 11.8. The summed E-state index contributed by atoms with van der Waals surface area (Å²) < 4.78 is 39.8. The Morgan fingerprint density at radius 1 is 0.960 bits per heavy atom. The van der Waals surface area contributed by atoms with E-state index in [1.807, 2.05) is 12.1 Å². The van der Waals surface area contributed by atoms with Crippen molar-refractivity contribution < 1.29 is 13.2 Å². The number of rotatable bonds is 7. The lowest BCUT2D eigenvalue weighted by atomic mass is 9.96. The number of nitrogens with one attached hydrogen (secondary N) is 1. The Morgan fingerprint density at radius 3 is 2.08 bits per heavy atom. The monoisotopic (exact) mass is 348 g/mol. The average Bonchev–Trinajstić information content (AvgIpc) is 2.58. The number of alkyl halides is 3. The molecule has 0 amide bonds. The second-order valence-corrected chi connectivity index (χ2v) is 6.20. The van der Waals surface area contributed by atoms with Gasteiger partial charge in [0.25, 0.3) is 0 Å². The van der Waals surface area contributed by atoms with Crippen LogP contribution in [-0.4, -0.2) is 5.84 Å². The maximum Gasteiger partial charge on any atom is 0.416 e. The van der Waals surface area contributed by atoms with E-state index in [-0.39, 0.29) is 17.0 Å². The third-order valence-corrected chi connectivity index (χ3v) is 4.25. The first-order valence-electron chi connectivity index (χ1n) is 8.43. The van der Waals surface area contributed by atoms with Crippen molar-refractivity contribution in [2.75, 3.05) is 0 Å². The van der Waals surface area contributed by atoms with E-state index >= 15 is 0 Å². The predicted octanol–water partition coefficient (Wildman–Crippen LogP) is 5.12. The van der Waals surface area contributed by atoms with Gasteiger partial charge < -0.3 is 5.73 Å². The number of hydrogen-bond donors (Lipinski definition) is 2. The summed E-state index contributed by atoms with van der Waals surface area (Å²) in [6, 6.07) is 11.9. The summed E-state index contributed by atoms with van der Waals surface area (Å²) >= 11 is 0. The Hall–Kier alpha value is -2.30. The van der Waals surface area contributed by atoms with Gasteiger partial charge in [0.1, 0.15) is 5.84 Å². The van der Waals surface area contributed by atoms with Crippen LogP contribution in [0.25, 0.3) is 0 Å². The van der Waals surface area contributed by atoms with E-state index in [9.17, 15) is 13.2 Å². The standard InChI is InChI=1S/C20H23F3N2/c1-2-3-4-14-5-7-15(8-6-14)9-10-16-11-12-17(19(24)25)13-18(16)20(21,22)23/h5-8,11-13H,2-4,9-10H2,1H3,(H3,24,25). The van der Waals surface area contributed by atoms with Gasteiger partial charge in [0.2, 0.25) is 0 Å². The number of halogens is 3. The highest BCUT2D eigenvalue weighted by atomic mass is 19.4. The molecule has 2 aromatic rings. The summed E-state index contributed by atoms with van der Waals surface area (Å²) in [4.78, 5) is 0. The molecule has 0 aromatic heterocycles. The number of hydrogen-bond acceptors (Lipinski definition) is 1. The van der Waals surface area contributed by atoms with Crippen molar-refractivity contribution in [1.29, 1.82) is 5.41 Å². The van der Waals surface area contributed by atoms with E-state index in [0.29, 0.717) is 12.8 Å². The second-order valence-electron chi connectivity index (χ2n) is 6.20. The van der Waals surface area contributed by atoms with Crippen molar-refractivity contribution in [1.82, 2.24) is 0 Å². The molecule has 0 unspecified atom stereocenters. The van der Waals surface area contributed by atoms with Crippen LogP contribution < -0.4 is 5.73 Å². The van der Waals surface area contributed by atoms with Gasteiger partial charge in [-0.15, -0.1) is 0 Å². The molecule has 2 aromatic carbocycles. The van der Waals surface area contributed by atoms with E-state index in [1.54, 1.807) is 0 Å². The molecule has 0 atom stereocenters.